The summed E-state index contributed by atoms with van der Waals surface area (Å²) in [6, 6.07) is 0. The first-order valence-corrected chi connectivity index (χ1v) is 17.9. The van der Waals surface area contributed by atoms with E-state index in [2.05, 4.69) is 30.5 Å². The number of carbonyl (C=O) groups is 2. The van der Waals surface area contributed by atoms with Gasteiger partial charge < -0.3 is 14.4 Å². The highest BCUT2D eigenvalue weighted by Crippen LogP contribution is 2.42. The van der Waals surface area contributed by atoms with Crippen LogP contribution in [0.15, 0.2) is 12.2 Å². The minimum Gasteiger partial charge on any atom is -0.462 e. The van der Waals surface area contributed by atoms with Gasteiger partial charge in [0.05, 0.1) is 6.61 Å². The Morgan fingerprint density at radius 2 is 1.15 bits per heavy atom. The summed E-state index contributed by atoms with van der Waals surface area (Å²) in [5.41, 5.74) is 0. The highest BCUT2D eigenvalue weighted by atomic mass is 31.2. The number of allylic oxidation sites excluding steroid dienone is 2. The number of ether oxygens (including phenoxy) is 2. The smallest absolute Gasteiger partial charge is 0.462 e. The Balaban J connectivity index is 4.12. The Kier molecular flexibility index (Phi) is 28.0. The molecule has 0 aliphatic heterocycles. The molecule has 0 saturated heterocycles. The Labute approximate surface area is 250 Å². The summed E-state index contributed by atoms with van der Waals surface area (Å²) >= 11 is 0. The molecule has 0 spiro atoms. The fraction of sp³-hybridized carbons (Fsp3) is 0.875. The van der Waals surface area contributed by atoms with Crippen LogP contribution in [0.25, 0.3) is 0 Å². The molecule has 1 N–H and O–H groups in total. The molecule has 0 aliphatic carbocycles. The van der Waals surface area contributed by atoms with Gasteiger partial charge in [-0.2, -0.15) is 0 Å². The average molecular weight is 605 g/mol. The maximum Gasteiger partial charge on any atom is 0.472 e. The minimum atomic E-state index is -4.24. The number of esters is 2. The third-order valence-electron chi connectivity index (χ3n) is 6.99. The average Bonchev–Trinajstić information content (AvgIpc) is 2.96. The first-order valence-electron chi connectivity index (χ1n) is 16.4. The van der Waals surface area contributed by atoms with Gasteiger partial charge in [-0.05, 0) is 32.1 Å². The molecule has 0 aromatic heterocycles. The van der Waals surface area contributed by atoms with Gasteiger partial charge in [-0.25, -0.2) is 4.57 Å². The lowest BCUT2D eigenvalue weighted by Gasteiger charge is -2.19. The summed E-state index contributed by atoms with van der Waals surface area (Å²) in [5, 5.41) is 0. The van der Waals surface area contributed by atoms with E-state index in [-0.39, 0.29) is 19.0 Å². The molecular weight excluding hydrogens is 543 g/mol. The van der Waals surface area contributed by atoms with E-state index in [1.165, 1.54) is 64.2 Å². The largest absolute Gasteiger partial charge is 0.472 e. The lowest BCUT2D eigenvalue weighted by Crippen LogP contribution is -2.29. The topological polar surface area (TPSA) is 108 Å². The SMILES string of the molecule is CCC/C=C\CCCCCCCC(=O)OC(COC(=O)CCCCCCCCCCCCCC)COP(=O)(O)OC. The van der Waals surface area contributed by atoms with Crippen LogP contribution >= 0.6 is 7.82 Å². The number of hydrogen-bond acceptors (Lipinski definition) is 7. The zero-order chi connectivity index (χ0) is 30.4. The molecule has 0 bridgehead atoms. The van der Waals surface area contributed by atoms with E-state index in [1.54, 1.807) is 0 Å². The lowest BCUT2D eigenvalue weighted by molar-refractivity contribution is -0.161. The van der Waals surface area contributed by atoms with Gasteiger partial charge in [-0.15, -0.1) is 0 Å². The molecule has 0 aromatic carbocycles. The van der Waals surface area contributed by atoms with Crippen LogP contribution in [0, 0.1) is 0 Å². The van der Waals surface area contributed by atoms with Crippen molar-refractivity contribution in [2.24, 2.45) is 0 Å². The van der Waals surface area contributed by atoms with Crippen LogP contribution in [0.3, 0.4) is 0 Å². The van der Waals surface area contributed by atoms with Crippen molar-refractivity contribution in [2.75, 3.05) is 20.3 Å². The van der Waals surface area contributed by atoms with Crippen LogP contribution in [0.2, 0.25) is 0 Å². The van der Waals surface area contributed by atoms with E-state index in [4.69, 9.17) is 14.0 Å². The minimum absolute atomic E-state index is 0.224. The number of rotatable bonds is 30. The first-order chi connectivity index (χ1) is 19.8. The lowest BCUT2D eigenvalue weighted by atomic mass is 10.0. The first kappa shape index (κ1) is 39.8. The fourth-order valence-electron chi connectivity index (χ4n) is 4.42. The molecule has 9 heteroatoms. The van der Waals surface area contributed by atoms with Crippen LogP contribution in [-0.4, -0.2) is 43.3 Å². The quantitative estimate of drug-likeness (QED) is 0.0374. The molecule has 0 rings (SSSR count). The fourth-order valence-corrected chi connectivity index (χ4v) is 4.88. The number of unbranched alkanes of at least 4 members (excludes halogenated alkanes) is 17. The van der Waals surface area contributed by atoms with Gasteiger partial charge in [0.2, 0.25) is 0 Å². The maximum atomic E-state index is 12.3. The molecule has 2 atom stereocenters. The van der Waals surface area contributed by atoms with E-state index in [9.17, 15) is 19.0 Å². The van der Waals surface area contributed by atoms with Gasteiger partial charge >= 0.3 is 19.8 Å². The van der Waals surface area contributed by atoms with E-state index in [0.717, 1.165) is 64.9 Å². The van der Waals surface area contributed by atoms with E-state index in [1.807, 2.05) is 0 Å². The van der Waals surface area contributed by atoms with Gasteiger partial charge in [0, 0.05) is 20.0 Å². The molecule has 2 unspecified atom stereocenters. The second kappa shape index (κ2) is 28.9. The predicted molar refractivity (Wildman–Crippen MR) is 166 cm³/mol. The van der Waals surface area contributed by atoms with Gasteiger partial charge in [0.1, 0.15) is 6.61 Å². The standard InChI is InChI=1S/C32H61O8P/c1-4-6-8-10-12-14-16-17-19-20-22-24-26-31(33)38-28-30(29-39-41(35,36)37-3)40-32(34)27-25-23-21-18-15-13-11-9-7-5-2/h9,11,30H,4-8,10,12-29H2,1-3H3,(H,35,36)/b11-9-. The molecule has 242 valence electrons. The van der Waals surface area contributed by atoms with Crippen LogP contribution in [0.5, 0.6) is 0 Å². The zero-order valence-corrected chi connectivity index (χ0v) is 27.3. The van der Waals surface area contributed by atoms with Crippen LogP contribution in [0.1, 0.15) is 155 Å². The molecular formula is C32H61O8P. The van der Waals surface area contributed by atoms with E-state index in [0.29, 0.717) is 12.8 Å². The third-order valence-corrected chi connectivity index (χ3v) is 7.93. The number of phosphoric ester groups is 1. The van der Waals surface area contributed by atoms with Crippen LogP contribution in [0.4, 0.5) is 0 Å². The third kappa shape index (κ3) is 28.7. The summed E-state index contributed by atoms with van der Waals surface area (Å²) in [5.74, 6) is -0.815. The van der Waals surface area contributed by atoms with E-state index < -0.39 is 26.5 Å². The van der Waals surface area contributed by atoms with Gasteiger partial charge in [0.25, 0.3) is 0 Å². The highest BCUT2D eigenvalue weighted by molar-refractivity contribution is 7.47. The molecule has 8 nitrogen and oxygen atoms in total. The van der Waals surface area contributed by atoms with Crippen molar-refractivity contribution in [3.8, 4) is 0 Å². The Morgan fingerprint density at radius 1 is 0.659 bits per heavy atom. The van der Waals surface area contributed by atoms with Gasteiger partial charge in [-0.3, -0.25) is 18.6 Å². The van der Waals surface area contributed by atoms with Crippen molar-refractivity contribution in [1.29, 1.82) is 0 Å². The molecule has 0 heterocycles. The Hall–Kier alpha value is -1.21. The maximum absolute atomic E-state index is 12.3. The summed E-state index contributed by atoms with van der Waals surface area (Å²) in [6.07, 6.45) is 27.0. The highest BCUT2D eigenvalue weighted by Gasteiger charge is 2.24. The van der Waals surface area contributed by atoms with Crippen molar-refractivity contribution in [2.45, 2.75) is 161 Å². The van der Waals surface area contributed by atoms with Crippen molar-refractivity contribution in [1.82, 2.24) is 0 Å². The molecule has 0 fully saturated rings. The summed E-state index contributed by atoms with van der Waals surface area (Å²) in [4.78, 5) is 34.1. The zero-order valence-electron chi connectivity index (χ0n) is 26.5. The number of hydrogen-bond donors (Lipinski definition) is 1. The van der Waals surface area contributed by atoms with Gasteiger partial charge in [-0.1, -0.05) is 122 Å². The normalized spacial score (nSPS) is 13.8. The molecule has 0 aliphatic rings. The second-order valence-corrected chi connectivity index (χ2v) is 12.5. The predicted octanol–water partition coefficient (Wildman–Crippen LogP) is 9.38. The van der Waals surface area contributed by atoms with Crippen molar-refractivity contribution >= 4 is 19.8 Å². The molecule has 41 heavy (non-hydrogen) atoms. The summed E-state index contributed by atoms with van der Waals surface area (Å²) in [6.45, 7) is 3.79. The molecule has 0 radical (unpaired) electrons. The van der Waals surface area contributed by atoms with Crippen molar-refractivity contribution < 1.29 is 37.6 Å². The Morgan fingerprint density at radius 3 is 1.68 bits per heavy atom. The summed E-state index contributed by atoms with van der Waals surface area (Å²) < 4.78 is 31.7. The van der Waals surface area contributed by atoms with E-state index >= 15 is 0 Å². The Bertz CT molecular complexity index is 697. The monoisotopic (exact) mass is 604 g/mol. The molecule has 0 amide bonds. The number of carbonyl (C=O) groups excluding carboxylic acids is 2. The second-order valence-electron chi connectivity index (χ2n) is 10.9. The van der Waals surface area contributed by atoms with Gasteiger partial charge in [0.15, 0.2) is 6.10 Å². The van der Waals surface area contributed by atoms with Crippen molar-refractivity contribution in [3.63, 3.8) is 0 Å². The van der Waals surface area contributed by atoms with Crippen LogP contribution < -0.4 is 0 Å². The molecule has 0 saturated carbocycles. The summed E-state index contributed by atoms with van der Waals surface area (Å²) in [7, 11) is -3.19. The number of phosphoric acid groups is 1. The van der Waals surface area contributed by atoms with Crippen molar-refractivity contribution in [3.05, 3.63) is 12.2 Å². The van der Waals surface area contributed by atoms with Crippen LogP contribution in [-0.2, 0) is 32.7 Å². The molecule has 0 aromatic rings.